The summed E-state index contributed by atoms with van der Waals surface area (Å²) in [4.78, 5) is 16.8. The van der Waals surface area contributed by atoms with Crippen LogP contribution in [0.3, 0.4) is 0 Å². The van der Waals surface area contributed by atoms with Gasteiger partial charge in [0.1, 0.15) is 0 Å². The largest absolute Gasteiger partial charge is 0.323 e. The van der Waals surface area contributed by atoms with Gasteiger partial charge in [-0.15, -0.1) is 0 Å². The van der Waals surface area contributed by atoms with E-state index in [0.29, 0.717) is 6.04 Å². The monoisotopic (exact) mass is 274 g/mol. The molecule has 108 valence electrons. The minimum Gasteiger partial charge on any atom is -0.316 e. The van der Waals surface area contributed by atoms with Crippen LogP contribution in [0.15, 0.2) is 23.0 Å². The third-order valence-corrected chi connectivity index (χ3v) is 4.15. The first-order chi connectivity index (χ1) is 9.72. The molecule has 0 radical (unpaired) electrons. The molecule has 0 bridgehead atoms. The molecule has 0 amide bonds. The number of aromatic amines is 2. The van der Waals surface area contributed by atoms with Crippen LogP contribution in [0.2, 0.25) is 0 Å². The van der Waals surface area contributed by atoms with Crippen LogP contribution in [0.25, 0.3) is 11.0 Å². The van der Waals surface area contributed by atoms with Crippen LogP contribution < -0.4 is 16.3 Å². The van der Waals surface area contributed by atoms with Gasteiger partial charge in [-0.1, -0.05) is 6.07 Å². The summed E-state index contributed by atoms with van der Waals surface area (Å²) in [6.45, 7) is 5.48. The number of rotatable bonds is 4. The molecule has 0 saturated carbocycles. The Morgan fingerprint density at radius 2 is 2.20 bits per heavy atom. The van der Waals surface area contributed by atoms with Crippen LogP contribution in [0, 0.1) is 5.92 Å². The second kappa shape index (κ2) is 5.81. The van der Waals surface area contributed by atoms with Crippen molar-refractivity contribution in [2.75, 3.05) is 19.6 Å². The highest BCUT2D eigenvalue weighted by Crippen LogP contribution is 2.18. The fourth-order valence-electron chi connectivity index (χ4n) is 2.88. The summed E-state index contributed by atoms with van der Waals surface area (Å²) in [7, 11) is 0. The zero-order chi connectivity index (χ0) is 13.9. The number of H-pyrrole nitrogens is 2. The molecular weight excluding hydrogens is 252 g/mol. The van der Waals surface area contributed by atoms with Gasteiger partial charge >= 0.3 is 5.69 Å². The van der Waals surface area contributed by atoms with E-state index in [0.717, 1.165) is 36.6 Å². The molecule has 1 saturated heterocycles. The van der Waals surface area contributed by atoms with Crippen molar-refractivity contribution in [2.24, 2.45) is 5.92 Å². The van der Waals surface area contributed by atoms with Gasteiger partial charge in [0.2, 0.25) is 0 Å². The van der Waals surface area contributed by atoms with Gasteiger partial charge in [-0.05, 0) is 63.0 Å². The molecular formula is C15H22N4O. The molecule has 2 heterocycles. The summed E-state index contributed by atoms with van der Waals surface area (Å²) < 4.78 is 0. The average molecular weight is 274 g/mol. The van der Waals surface area contributed by atoms with Crippen LogP contribution in [0.4, 0.5) is 0 Å². The van der Waals surface area contributed by atoms with Crippen molar-refractivity contribution in [3.8, 4) is 0 Å². The Balaban J connectivity index is 1.65. The first-order valence-electron chi connectivity index (χ1n) is 7.38. The lowest BCUT2D eigenvalue weighted by molar-refractivity contribution is 0.348. The molecule has 1 aromatic heterocycles. The van der Waals surface area contributed by atoms with E-state index < -0.39 is 0 Å². The minimum absolute atomic E-state index is 0.147. The molecule has 1 aliphatic heterocycles. The van der Waals surface area contributed by atoms with Gasteiger partial charge in [-0.3, -0.25) is 0 Å². The fourth-order valence-corrected chi connectivity index (χ4v) is 2.88. The van der Waals surface area contributed by atoms with Crippen molar-refractivity contribution >= 4 is 11.0 Å². The minimum atomic E-state index is -0.147. The Labute approximate surface area is 118 Å². The zero-order valence-electron chi connectivity index (χ0n) is 11.8. The van der Waals surface area contributed by atoms with Crippen molar-refractivity contribution in [1.82, 2.24) is 20.6 Å². The van der Waals surface area contributed by atoms with E-state index in [1.54, 1.807) is 0 Å². The van der Waals surface area contributed by atoms with E-state index in [9.17, 15) is 4.79 Å². The first kappa shape index (κ1) is 13.4. The van der Waals surface area contributed by atoms with Crippen molar-refractivity contribution in [3.05, 3.63) is 34.2 Å². The molecule has 20 heavy (non-hydrogen) atoms. The van der Waals surface area contributed by atoms with Gasteiger partial charge in [-0.25, -0.2) is 4.79 Å². The second-order valence-corrected chi connectivity index (χ2v) is 5.73. The topological polar surface area (TPSA) is 72.7 Å². The maximum Gasteiger partial charge on any atom is 0.323 e. The first-order valence-corrected chi connectivity index (χ1v) is 7.38. The molecule has 2 unspecified atom stereocenters. The lowest BCUT2D eigenvalue weighted by Gasteiger charge is -2.25. The van der Waals surface area contributed by atoms with Gasteiger partial charge in [0.25, 0.3) is 0 Å². The highest BCUT2D eigenvalue weighted by atomic mass is 16.1. The maximum absolute atomic E-state index is 11.3. The second-order valence-electron chi connectivity index (χ2n) is 5.73. The van der Waals surface area contributed by atoms with E-state index in [1.165, 1.54) is 18.4 Å². The quantitative estimate of drug-likeness (QED) is 0.683. The van der Waals surface area contributed by atoms with E-state index in [1.807, 2.05) is 12.1 Å². The smallest absolute Gasteiger partial charge is 0.316 e. The van der Waals surface area contributed by atoms with Gasteiger partial charge in [0.05, 0.1) is 11.0 Å². The highest BCUT2D eigenvalue weighted by molar-refractivity contribution is 5.75. The van der Waals surface area contributed by atoms with Gasteiger partial charge < -0.3 is 20.6 Å². The number of hydrogen-bond donors (Lipinski definition) is 4. The van der Waals surface area contributed by atoms with E-state index >= 15 is 0 Å². The lowest BCUT2D eigenvalue weighted by atomic mass is 9.99. The normalized spacial score (nSPS) is 21.1. The number of nitrogens with one attached hydrogen (secondary N) is 4. The predicted octanol–water partition coefficient (Wildman–Crippen LogP) is 1.51. The predicted molar refractivity (Wildman–Crippen MR) is 80.9 cm³/mol. The molecule has 2 aromatic rings. The standard InChI is InChI=1S/C15H22N4O/c1-10(17-9-11-3-2-6-16-8-11)12-4-5-13-14(7-12)19-15(20)18-13/h4-5,7,10-11,16-17H,2-3,6,8-9H2,1H3,(H2,18,19,20). The van der Waals surface area contributed by atoms with Crippen LogP contribution in [0.1, 0.15) is 31.4 Å². The van der Waals surface area contributed by atoms with E-state index in [-0.39, 0.29) is 5.69 Å². The van der Waals surface area contributed by atoms with Crippen molar-refractivity contribution < 1.29 is 0 Å². The number of aromatic nitrogens is 2. The van der Waals surface area contributed by atoms with E-state index in [4.69, 9.17) is 0 Å². The summed E-state index contributed by atoms with van der Waals surface area (Å²) in [6, 6.07) is 6.37. The summed E-state index contributed by atoms with van der Waals surface area (Å²) >= 11 is 0. The van der Waals surface area contributed by atoms with Crippen LogP contribution in [-0.2, 0) is 0 Å². The third-order valence-electron chi connectivity index (χ3n) is 4.15. The molecule has 1 aliphatic rings. The molecule has 5 nitrogen and oxygen atoms in total. The maximum atomic E-state index is 11.3. The zero-order valence-corrected chi connectivity index (χ0v) is 11.8. The highest BCUT2D eigenvalue weighted by Gasteiger charge is 2.14. The summed E-state index contributed by atoms with van der Waals surface area (Å²) in [6.07, 6.45) is 2.58. The Hall–Kier alpha value is -1.59. The third kappa shape index (κ3) is 2.94. The van der Waals surface area contributed by atoms with Crippen molar-refractivity contribution in [1.29, 1.82) is 0 Å². The molecule has 2 atom stereocenters. The summed E-state index contributed by atoms with van der Waals surface area (Å²) in [5, 5.41) is 7.04. The van der Waals surface area contributed by atoms with E-state index in [2.05, 4.69) is 33.6 Å². The summed E-state index contributed by atoms with van der Waals surface area (Å²) in [5.41, 5.74) is 2.80. The molecule has 3 rings (SSSR count). The molecule has 1 aromatic carbocycles. The number of fused-ring (bicyclic) bond motifs is 1. The van der Waals surface area contributed by atoms with Gasteiger partial charge in [0, 0.05) is 6.04 Å². The molecule has 5 heteroatoms. The molecule has 1 fully saturated rings. The SMILES string of the molecule is CC(NCC1CCCNC1)c1ccc2[nH]c(=O)[nH]c2c1. The van der Waals surface area contributed by atoms with Gasteiger partial charge in [-0.2, -0.15) is 0 Å². The number of imidazole rings is 1. The van der Waals surface area contributed by atoms with Crippen LogP contribution in [-0.4, -0.2) is 29.6 Å². The van der Waals surface area contributed by atoms with Crippen LogP contribution in [0.5, 0.6) is 0 Å². The Kier molecular flexibility index (Phi) is 3.89. The number of piperidine rings is 1. The molecule has 4 N–H and O–H groups in total. The lowest BCUT2D eigenvalue weighted by Crippen LogP contribution is -2.36. The molecule has 0 aliphatic carbocycles. The Morgan fingerprint density at radius 3 is 3.00 bits per heavy atom. The Morgan fingerprint density at radius 1 is 1.35 bits per heavy atom. The summed E-state index contributed by atoms with van der Waals surface area (Å²) in [5.74, 6) is 0.724. The van der Waals surface area contributed by atoms with Gasteiger partial charge in [0.15, 0.2) is 0 Å². The number of hydrogen-bond acceptors (Lipinski definition) is 3. The number of benzene rings is 1. The van der Waals surface area contributed by atoms with Crippen molar-refractivity contribution in [2.45, 2.75) is 25.8 Å². The molecule has 0 spiro atoms. The Bertz CT molecular complexity index is 624. The fraction of sp³-hybridized carbons (Fsp3) is 0.533. The van der Waals surface area contributed by atoms with Crippen molar-refractivity contribution in [3.63, 3.8) is 0 Å². The van der Waals surface area contributed by atoms with Crippen LogP contribution >= 0.6 is 0 Å². The average Bonchev–Trinajstić information content (AvgIpc) is 2.85.